The van der Waals surface area contributed by atoms with E-state index < -0.39 is 0 Å². The summed E-state index contributed by atoms with van der Waals surface area (Å²) < 4.78 is 8.24. The molecular weight excluding hydrogens is 360 g/mol. The molecule has 0 unspecified atom stereocenters. The molecule has 4 aromatic rings. The molecule has 0 radical (unpaired) electrons. The molecule has 1 aliphatic rings. The van der Waals surface area contributed by atoms with Crippen molar-refractivity contribution in [1.29, 1.82) is 0 Å². The summed E-state index contributed by atoms with van der Waals surface area (Å²) in [5, 5.41) is 0. The summed E-state index contributed by atoms with van der Waals surface area (Å²) in [6, 6.07) is 20.4. The van der Waals surface area contributed by atoms with E-state index in [1.165, 1.54) is 0 Å². The van der Waals surface area contributed by atoms with E-state index in [9.17, 15) is 0 Å². The van der Waals surface area contributed by atoms with Gasteiger partial charge in [-0.05, 0) is 31.2 Å². The maximum absolute atomic E-state index is 6.06. The van der Waals surface area contributed by atoms with Gasteiger partial charge in [-0.3, -0.25) is 14.5 Å². The molecule has 0 spiro atoms. The van der Waals surface area contributed by atoms with E-state index in [-0.39, 0.29) is 0 Å². The molecule has 0 saturated heterocycles. The molecule has 0 saturated carbocycles. The molecule has 1 aliphatic heterocycles. The summed E-state index contributed by atoms with van der Waals surface area (Å²) in [5.74, 6) is 1.75. The molecule has 0 fully saturated rings. The minimum absolute atomic E-state index is 0.472. The Kier molecular flexibility index (Phi) is 4.41. The zero-order chi connectivity index (χ0) is 19.6. The number of ether oxygens (including phenoxy) is 1. The summed E-state index contributed by atoms with van der Waals surface area (Å²) in [7, 11) is 0. The number of fused-ring (bicyclic) bond motifs is 3. The molecule has 3 heterocycles. The lowest BCUT2D eigenvalue weighted by molar-refractivity contribution is 0.305. The van der Waals surface area contributed by atoms with Gasteiger partial charge in [-0.25, -0.2) is 4.98 Å². The van der Waals surface area contributed by atoms with Gasteiger partial charge in [0.15, 0.2) is 0 Å². The lowest BCUT2D eigenvalue weighted by Gasteiger charge is -2.15. The summed E-state index contributed by atoms with van der Waals surface area (Å²) in [6.07, 6.45) is 5.48. The number of aliphatic imine (C=N–C) groups is 1. The van der Waals surface area contributed by atoms with Crippen molar-refractivity contribution in [1.82, 2.24) is 14.5 Å². The van der Waals surface area contributed by atoms with Crippen molar-refractivity contribution in [2.24, 2.45) is 4.99 Å². The Morgan fingerprint density at radius 3 is 2.72 bits per heavy atom. The molecule has 0 aliphatic carbocycles. The van der Waals surface area contributed by atoms with Crippen molar-refractivity contribution < 1.29 is 4.74 Å². The normalized spacial score (nSPS) is 12.5. The number of hydrogen-bond donors (Lipinski definition) is 0. The van der Waals surface area contributed by atoms with Gasteiger partial charge in [-0.15, -0.1) is 0 Å². The van der Waals surface area contributed by atoms with E-state index in [1.807, 2.05) is 48.8 Å². The summed E-state index contributed by atoms with van der Waals surface area (Å²) in [5.41, 5.74) is 6.28. The molecule has 0 bridgehead atoms. The van der Waals surface area contributed by atoms with Crippen molar-refractivity contribution in [3.05, 3.63) is 107 Å². The zero-order valence-corrected chi connectivity index (χ0v) is 16.1. The minimum Gasteiger partial charge on any atom is -0.489 e. The molecule has 29 heavy (non-hydrogen) atoms. The first-order chi connectivity index (χ1) is 14.3. The molecule has 5 rings (SSSR count). The summed E-state index contributed by atoms with van der Waals surface area (Å²) in [6.45, 7) is 3.08. The highest BCUT2D eigenvalue weighted by molar-refractivity contribution is 6.15. The first kappa shape index (κ1) is 17.4. The fourth-order valence-corrected chi connectivity index (χ4v) is 3.65. The maximum atomic E-state index is 6.06. The van der Waals surface area contributed by atoms with Gasteiger partial charge in [0.05, 0.1) is 17.9 Å². The first-order valence-corrected chi connectivity index (χ1v) is 9.59. The Hall–Kier alpha value is -3.73. The third-order valence-corrected chi connectivity index (χ3v) is 5.03. The number of benzene rings is 2. The Morgan fingerprint density at radius 1 is 1.00 bits per heavy atom. The topological polar surface area (TPSA) is 52.3 Å². The molecule has 5 nitrogen and oxygen atoms in total. The monoisotopic (exact) mass is 380 g/mol. The van der Waals surface area contributed by atoms with Crippen molar-refractivity contribution in [2.75, 3.05) is 0 Å². The van der Waals surface area contributed by atoms with Gasteiger partial charge in [0.1, 0.15) is 18.2 Å². The van der Waals surface area contributed by atoms with E-state index in [0.717, 1.165) is 45.4 Å². The highest BCUT2D eigenvalue weighted by atomic mass is 16.5. The van der Waals surface area contributed by atoms with Crippen LogP contribution in [0.3, 0.4) is 0 Å². The number of aromatic nitrogens is 3. The second-order valence-corrected chi connectivity index (χ2v) is 7.01. The van der Waals surface area contributed by atoms with E-state index in [0.29, 0.717) is 13.2 Å². The number of nitrogens with zero attached hydrogens (tertiary/aromatic N) is 4. The quantitative estimate of drug-likeness (QED) is 0.524. The van der Waals surface area contributed by atoms with Crippen LogP contribution in [0.1, 0.15) is 28.2 Å². The largest absolute Gasteiger partial charge is 0.489 e. The predicted molar refractivity (Wildman–Crippen MR) is 113 cm³/mol. The Labute approximate surface area is 169 Å². The Morgan fingerprint density at radius 2 is 1.90 bits per heavy atom. The van der Waals surface area contributed by atoms with Crippen LogP contribution in [-0.2, 0) is 13.2 Å². The Balaban J connectivity index is 1.59. The smallest absolute Gasteiger partial charge is 0.135 e. The highest BCUT2D eigenvalue weighted by Crippen LogP contribution is 2.29. The van der Waals surface area contributed by atoms with Crippen molar-refractivity contribution in [2.45, 2.75) is 20.1 Å². The molecule has 0 amide bonds. The van der Waals surface area contributed by atoms with E-state index in [1.54, 1.807) is 6.20 Å². The predicted octanol–water partition coefficient (Wildman–Crippen LogP) is 4.51. The fraction of sp³-hybridized carbons (Fsp3) is 0.125. The van der Waals surface area contributed by atoms with Gasteiger partial charge in [-0.2, -0.15) is 0 Å². The minimum atomic E-state index is 0.472. The molecule has 0 atom stereocenters. The van der Waals surface area contributed by atoms with Crippen LogP contribution in [0.25, 0.3) is 5.69 Å². The van der Waals surface area contributed by atoms with Crippen LogP contribution >= 0.6 is 0 Å². The lowest BCUT2D eigenvalue weighted by atomic mass is 10.00. The number of imidazole rings is 1. The van der Waals surface area contributed by atoms with E-state index in [4.69, 9.17) is 9.73 Å². The van der Waals surface area contributed by atoms with Crippen molar-refractivity contribution >= 4 is 5.71 Å². The SMILES string of the molecule is Cc1cnc2n1-c1ccc(OCc3cccnc3)cc1C(c1ccccc1)=NC2. The van der Waals surface area contributed by atoms with Crippen LogP contribution in [0.5, 0.6) is 5.75 Å². The van der Waals surface area contributed by atoms with Crippen molar-refractivity contribution in [3.63, 3.8) is 0 Å². The second-order valence-electron chi connectivity index (χ2n) is 7.01. The van der Waals surface area contributed by atoms with Gasteiger partial charge in [0.2, 0.25) is 0 Å². The number of rotatable bonds is 4. The zero-order valence-electron chi connectivity index (χ0n) is 16.1. The van der Waals surface area contributed by atoms with Crippen LogP contribution < -0.4 is 4.74 Å². The van der Waals surface area contributed by atoms with Crippen LogP contribution in [0.15, 0.2) is 84.2 Å². The number of aryl methyl sites for hydroxylation is 1. The fourth-order valence-electron chi connectivity index (χ4n) is 3.65. The summed E-state index contributed by atoms with van der Waals surface area (Å²) in [4.78, 5) is 13.6. The van der Waals surface area contributed by atoms with Crippen LogP contribution in [0.4, 0.5) is 0 Å². The van der Waals surface area contributed by atoms with Crippen LogP contribution in [-0.4, -0.2) is 20.2 Å². The molecule has 142 valence electrons. The Bertz CT molecular complexity index is 1180. The first-order valence-electron chi connectivity index (χ1n) is 9.59. The van der Waals surface area contributed by atoms with Gasteiger partial charge in [-0.1, -0.05) is 36.4 Å². The van der Waals surface area contributed by atoms with E-state index in [2.05, 4.69) is 45.7 Å². The second kappa shape index (κ2) is 7.36. The van der Waals surface area contributed by atoms with E-state index >= 15 is 0 Å². The van der Waals surface area contributed by atoms with Gasteiger partial charge >= 0.3 is 0 Å². The van der Waals surface area contributed by atoms with Gasteiger partial charge in [0, 0.05) is 41.0 Å². The standard InChI is InChI=1S/C24H20N4O/c1-17-13-26-23-15-27-24(19-7-3-2-4-8-19)21-12-20(9-10-22(21)28(17)23)29-16-18-6-5-11-25-14-18/h2-14H,15-16H2,1H3. The third-order valence-electron chi connectivity index (χ3n) is 5.03. The summed E-state index contributed by atoms with van der Waals surface area (Å²) >= 11 is 0. The van der Waals surface area contributed by atoms with Crippen molar-refractivity contribution in [3.8, 4) is 11.4 Å². The molecular formula is C24H20N4O. The number of pyridine rings is 1. The molecule has 2 aromatic heterocycles. The van der Waals surface area contributed by atoms with Crippen LogP contribution in [0.2, 0.25) is 0 Å². The molecule has 0 N–H and O–H groups in total. The highest BCUT2D eigenvalue weighted by Gasteiger charge is 2.21. The third kappa shape index (κ3) is 3.31. The molecule has 5 heteroatoms. The molecule has 2 aromatic carbocycles. The lowest BCUT2D eigenvalue weighted by Crippen LogP contribution is -2.09. The van der Waals surface area contributed by atoms with Gasteiger partial charge in [0.25, 0.3) is 0 Å². The average Bonchev–Trinajstić information content (AvgIpc) is 3.05. The average molecular weight is 380 g/mol. The maximum Gasteiger partial charge on any atom is 0.135 e. The number of hydrogen-bond acceptors (Lipinski definition) is 4. The van der Waals surface area contributed by atoms with Gasteiger partial charge < -0.3 is 4.74 Å². The van der Waals surface area contributed by atoms with Crippen LogP contribution in [0, 0.1) is 6.92 Å².